The van der Waals surface area contributed by atoms with Crippen LogP contribution in [0.15, 0.2) is 0 Å². The van der Waals surface area contributed by atoms with Gasteiger partial charge >= 0.3 is 12.1 Å². The molecule has 1 heterocycles. The lowest BCUT2D eigenvalue weighted by Gasteiger charge is -2.20. The largest absolute Gasteiger partial charge is 0.480 e. The summed E-state index contributed by atoms with van der Waals surface area (Å²) in [6.07, 6.45) is 0.218. The molecular weight excluding hydrogens is 252 g/mol. The lowest BCUT2D eigenvalue weighted by molar-refractivity contribution is -0.145. The summed E-state index contributed by atoms with van der Waals surface area (Å²) in [5, 5.41) is 9.07. The number of rotatable bonds is 4. The number of nitrogens with two attached hydrogens (primary N) is 1. The Morgan fingerprint density at radius 3 is 2.53 bits per heavy atom. The molecule has 1 rings (SSSR count). The number of hydrogen-bond donors (Lipinski definition) is 2. The Kier molecular flexibility index (Phi) is 4.52. The second-order valence-corrected chi connectivity index (χ2v) is 5.49. The van der Waals surface area contributed by atoms with Crippen LogP contribution in [-0.2, 0) is 14.3 Å². The van der Waals surface area contributed by atoms with Crippen molar-refractivity contribution in [1.29, 1.82) is 0 Å². The first-order chi connectivity index (χ1) is 8.67. The number of imide groups is 1. The molecule has 0 spiro atoms. The van der Waals surface area contributed by atoms with E-state index in [-0.39, 0.29) is 6.42 Å². The second-order valence-electron chi connectivity index (χ2n) is 5.49. The number of ether oxygens (including phenoxy) is 1. The van der Waals surface area contributed by atoms with Crippen LogP contribution >= 0.6 is 0 Å². The van der Waals surface area contributed by atoms with Crippen molar-refractivity contribution in [3.8, 4) is 0 Å². The zero-order chi connectivity index (χ0) is 14.8. The van der Waals surface area contributed by atoms with Crippen LogP contribution in [0.4, 0.5) is 4.79 Å². The molecular formula is C12H20N2O5. The first-order valence-electron chi connectivity index (χ1n) is 6.10. The Balaban J connectivity index is 2.81. The van der Waals surface area contributed by atoms with E-state index < -0.39 is 35.5 Å². The van der Waals surface area contributed by atoms with Crippen molar-refractivity contribution in [2.24, 2.45) is 11.7 Å². The molecule has 7 nitrogen and oxygen atoms in total. The number of methoxy groups -OCH3 is 1. The van der Waals surface area contributed by atoms with Crippen molar-refractivity contribution in [2.75, 3.05) is 7.11 Å². The van der Waals surface area contributed by atoms with E-state index in [1.807, 2.05) is 13.8 Å². The quantitative estimate of drug-likeness (QED) is 0.774. The number of aliphatic carboxylic acids is 1. The predicted molar refractivity (Wildman–Crippen MR) is 66.3 cm³/mol. The van der Waals surface area contributed by atoms with E-state index >= 15 is 0 Å². The minimum atomic E-state index is -1.20. The fourth-order valence-electron chi connectivity index (χ4n) is 2.14. The molecule has 0 aliphatic carbocycles. The summed E-state index contributed by atoms with van der Waals surface area (Å²) in [4.78, 5) is 35.3. The number of nitrogens with zero attached hydrogens (tertiary/aromatic N) is 1. The van der Waals surface area contributed by atoms with E-state index in [9.17, 15) is 14.4 Å². The molecule has 19 heavy (non-hydrogen) atoms. The molecule has 1 saturated heterocycles. The second kappa shape index (κ2) is 5.56. The molecule has 0 aromatic rings. The summed E-state index contributed by atoms with van der Waals surface area (Å²) in [7, 11) is 1.12. The van der Waals surface area contributed by atoms with Gasteiger partial charge in [-0.15, -0.1) is 0 Å². The van der Waals surface area contributed by atoms with Crippen molar-refractivity contribution in [3.05, 3.63) is 0 Å². The molecule has 2 atom stereocenters. The zero-order valence-corrected chi connectivity index (χ0v) is 11.4. The van der Waals surface area contributed by atoms with Crippen molar-refractivity contribution in [3.63, 3.8) is 0 Å². The fraction of sp³-hybridized carbons (Fsp3) is 0.750. The molecule has 0 bridgehead atoms. The van der Waals surface area contributed by atoms with Gasteiger partial charge in [-0.05, 0) is 33.1 Å². The maximum atomic E-state index is 12.1. The highest BCUT2D eigenvalue weighted by molar-refractivity contribution is 6.00. The number of carbonyl (C=O) groups excluding carboxylic acids is 2. The normalized spacial score (nSPS) is 23.6. The fourth-order valence-corrected chi connectivity index (χ4v) is 2.14. The molecule has 1 aliphatic rings. The summed E-state index contributed by atoms with van der Waals surface area (Å²) in [5.74, 6) is -2.19. The summed E-state index contributed by atoms with van der Waals surface area (Å²) in [6.45, 7) is 3.67. The molecule has 1 fully saturated rings. The number of likely N-dealkylation sites (tertiary alicyclic amines) is 1. The molecule has 0 aromatic heterocycles. The number of hydrogen-bond acceptors (Lipinski definition) is 5. The SMILES string of the molecule is COC(=O)N1C(=O)C(CCC(C)(C)N)C[C@H]1C(=O)O. The van der Waals surface area contributed by atoms with E-state index in [0.29, 0.717) is 17.7 Å². The van der Waals surface area contributed by atoms with Crippen LogP contribution in [0.5, 0.6) is 0 Å². The molecule has 0 saturated carbocycles. The predicted octanol–water partition coefficient (Wildman–Crippen LogP) is 0.572. The van der Waals surface area contributed by atoms with Gasteiger partial charge in [-0.3, -0.25) is 4.79 Å². The van der Waals surface area contributed by atoms with Crippen LogP contribution in [0.3, 0.4) is 0 Å². The summed E-state index contributed by atoms with van der Waals surface area (Å²) in [5.41, 5.74) is 5.41. The third-order valence-corrected chi connectivity index (χ3v) is 3.20. The van der Waals surface area contributed by atoms with Crippen molar-refractivity contribution in [1.82, 2.24) is 4.90 Å². The van der Waals surface area contributed by atoms with Gasteiger partial charge < -0.3 is 15.6 Å². The van der Waals surface area contributed by atoms with Crippen LogP contribution < -0.4 is 5.73 Å². The van der Waals surface area contributed by atoms with Crippen LogP contribution in [0, 0.1) is 5.92 Å². The van der Waals surface area contributed by atoms with Crippen LogP contribution in [0.2, 0.25) is 0 Å². The summed E-state index contributed by atoms with van der Waals surface area (Å²) < 4.78 is 4.46. The average Bonchev–Trinajstić information content (AvgIpc) is 2.62. The maximum absolute atomic E-state index is 12.1. The monoisotopic (exact) mass is 272 g/mol. The molecule has 1 aliphatic heterocycles. The van der Waals surface area contributed by atoms with E-state index in [2.05, 4.69) is 4.74 Å². The standard InChI is InChI=1S/C12H20N2O5/c1-12(2,13)5-4-7-6-8(10(16)17)14(9(7)15)11(18)19-3/h7-8H,4-6,13H2,1-3H3,(H,16,17)/t7?,8-/m0/s1. The molecule has 0 radical (unpaired) electrons. The van der Waals surface area contributed by atoms with Crippen molar-refractivity contribution < 1.29 is 24.2 Å². The summed E-state index contributed by atoms with van der Waals surface area (Å²) >= 11 is 0. The third-order valence-electron chi connectivity index (χ3n) is 3.20. The lowest BCUT2D eigenvalue weighted by Crippen LogP contribution is -2.43. The van der Waals surface area contributed by atoms with Gasteiger partial charge in [0.2, 0.25) is 5.91 Å². The zero-order valence-electron chi connectivity index (χ0n) is 11.4. The third kappa shape index (κ3) is 3.66. The molecule has 2 amide bonds. The van der Waals surface area contributed by atoms with Crippen LogP contribution in [-0.4, -0.2) is 46.7 Å². The molecule has 1 unspecified atom stereocenters. The minimum absolute atomic E-state index is 0.110. The molecule has 108 valence electrons. The first kappa shape index (κ1) is 15.4. The van der Waals surface area contributed by atoms with E-state index in [1.54, 1.807) is 0 Å². The topological polar surface area (TPSA) is 110 Å². The van der Waals surface area contributed by atoms with E-state index in [4.69, 9.17) is 10.8 Å². The number of carbonyl (C=O) groups is 3. The highest BCUT2D eigenvalue weighted by Gasteiger charge is 2.47. The Morgan fingerprint density at radius 1 is 1.53 bits per heavy atom. The van der Waals surface area contributed by atoms with E-state index in [0.717, 1.165) is 7.11 Å². The maximum Gasteiger partial charge on any atom is 0.417 e. The lowest BCUT2D eigenvalue weighted by atomic mass is 9.91. The van der Waals surface area contributed by atoms with Crippen LogP contribution in [0.25, 0.3) is 0 Å². The van der Waals surface area contributed by atoms with Gasteiger partial charge in [0, 0.05) is 11.5 Å². The molecule has 0 aromatic carbocycles. The van der Waals surface area contributed by atoms with Crippen molar-refractivity contribution in [2.45, 2.75) is 44.7 Å². The highest BCUT2D eigenvalue weighted by Crippen LogP contribution is 2.30. The Morgan fingerprint density at radius 2 is 2.11 bits per heavy atom. The van der Waals surface area contributed by atoms with Gasteiger partial charge in [-0.1, -0.05) is 0 Å². The number of carboxylic acid groups (broad SMARTS) is 1. The van der Waals surface area contributed by atoms with Gasteiger partial charge in [-0.2, -0.15) is 0 Å². The minimum Gasteiger partial charge on any atom is -0.480 e. The number of carboxylic acids is 1. The first-order valence-corrected chi connectivity index (χ1v) is 6.10. The number of amides is 2. The summed E-state index contributed by atoms with van der Waals surface area (Å²) in [6, 6.07) is -1.15. The van der Waals surface area contributed by atoms with Gasteiger partial charge in [0.05, 0.1) is 7.11 Å². The van der Waals surface area contributed by atoms with Gasteiger partial charge in [0.1, 0.15) is 6.04 Å². The van der Waals surface area contributed by atoms with Gasteiger partial charge in [-0.25, -0.2) is 14.5 Å². The Hall–Kier alpha value is -1.63. The van der Waals surface area contributed by atoms with Gasteiger partial charge in [0.15, 0.2) is 0 Å². The molecule has 7 heteroatoms. The van der Waals surface area contributed by atoms with Gasteiger partial charge in [0.25, 0.3) is 0 Å². The molecule has 3 N–H and O–H groups in total. The van der Waals surface area contributed by atoms with Crippen LogP contribution in [0.1, 0.15) is 33.1 Å². The Bertz CT molecular complexity index is 388. The van der Waals surface area contributed by atoms with Crippen molar-refractivity contribution >= 4 is 18.0 Å². The average molecular weight is 272 g/mol. The smallest absolute Gasteiger partial charge is 0.417 e. The Labute approximate surface area is 111 Å². The van der Waals surface area contributed by atoms with E-state index in [1.165, 1.54) is 0 Å². The highest BCUT2D eigenvalue weighted by atomic mass is 16.5.